The number of nitrogens with zero attached hydrogens (tertiary/aromatic N) is 4. The third-order valence-corrected chi connectivity index (χ3v) is 2.17. The summed E-state index contributed by atoms with van der Waals surface area (Å²) in [6, 6.07) is 1.70. The number of nitrogens with two attached hydrogens (primary N) is 1. The van der Waals surface area contributed by atoms with Crippen LogP contribution in [0.5, 0.6) is 0 Å². The molecule has 2 aromatic rings. The van der Waals surface area contributed by atoms with Crippen molar-refractivity contribution in [2.45, 2.75) is 19.8 Å². The van der Waals surface area contributed by atoms with Crippen molar-refractivity contribution in [2.75, 3.05) is 5.73 Å². The van der Waals surface area contributed by atoms with Gasteiger partial charge in [-0.1, -0.05) is 13.8 Å². The smallest absolute Gasteiger partial charge is 0.130 e. The summed E-state index contributed by atoms with van der Waals surface area (Å²) in [6.45, 7) is 4.11. The third-order valence-electron chi connectivity index (χ3n) is 2.17. The predicted molar refractivity (Wildman–Crippen MR) is 61.6 cm³/mol. The second-order valence-corrected chi connectivity index (χ2v) is 3.81. The molecule has 2 aromatic heterocycles. The highest BCUT2D eigenvalue weighted by molar-refractivity contribution is 5.59. The van der Waals surface area contributed by atoms with Crippen LogP contribution in [0.4, 0.5) is 5.82 Å². The minimum absolute atomic E-state index is 0.324. The van der Waals surface area contributed by atoms with Gasteiger partial charge in [-0.05, 0) is 0 Å². The molecule has 0 amide bonds. The van der Waals surface area contributed by atoms with Gasteiger partial charge in [-0.3, -0.25) is 0 Å². The molecule has 0 spiro atoms. The zero-order chi connectivity index (χ0) is 11.5. The topological polar surface area (TPSA) is 77.6 Å². The molecule has 5 nitrogen and oxygen atoms in total. The Morgan fingerprint density at radius 1 is 1.06 bits per heavy atom. The van der Waals surface area contributed by atoms with Crippen molar-refractivity contribution < 1.29 is 0 Å². The second kappa shape index (κ2) is 4.22. The Bertz CT molecular complexity index is 478. The van der Waals surface area contributed by atoms with Crippen LogP contribution in [0.15, 0.2) is 24.8 Å². The molecule has 0 atom stereocenters. The van der Waals surface area contributed by atoms with Gasteiger partial charge in [0.25, 0.3) is 0 Å². The second-order valence-electron chi connectivity index (χ2n) is 3.81. The SMILES string of the molecule is CC(C)c1ncc(-c2cc(N)ncn2)cn1. The molecular formula is C11H13N5. The Hall–Kier alpha value is -2.04. The van der Waals surface area contributed by atoms with E-state index in [4.69, 9.17) is 5.73 Å². The van der Waals surface area contributed by atoms with Crippen LogP contribution in [0.2, 0.25) is 0 Å². The van der Waals surface area contributed by atoms with Crippen LogP contribution in [0.3, 0.4) is 0 Å². The molecule has 0 aliphatic rings. The molecule has 0 fully saturated rings. The molecule has 2 rings (SSSR count). The first kappa shape index (κ1) is 10.5. The van der Waals surface area contributed by atoms with Crippen molar-refractivity contribution in [3.05, 3.63) is 30.6 Å². The van der Waals surface area contributed by atoms with Crippen molar-refractivity contribution in [1.29, 1.82) is 0 Å². The lowest BCUT2D eigenvalue weighted by Crippen LogP contribution is -1.98. The zero-order valence-electron chi connectivity index (χ0n) is 9.25. The average molecular weight is 215 g/mol. The monoisotopic (exact) mass is 215 g/mol. The van der Waals surface area contributed by atoms with Gasteiger partial charge in [-0.25, -0.2) is 19.9 Å². The predicted octanol–water partition coefficient (Wildman–Crippen LogP) is 1.64. The van der Waals surface area contributed by atoms with Crippen molar-refractivity contribution in [3.63, 3.8) is 0 Å². The summed E-state index contributed by atoms with van der Waals surface area (Å²) in [5.41, 5.74) is 7.17. The Kier molecular flexibility index (Phi) is 2.76. The maximum Gasteiger partial charge on any atom is 0.130 e. The fourth-order valence-corrected chi connectivity index (χ4v) is 1.30. The number of aromatic nitrogens is 4. The maximum absolute atomic E-state index is 5.58. The fourth-order valence-electron chi connectivity index (χ4n) is 1.30. The van der Waals surface area contributed by atoms with Gasteiger partial charge in [0.15, 0.2) is 0 Å². The lowest BCUT2D eigenvalue weighted by molar-refractivity contribution is 0.774. The van der Waals surface area contributed by atoms with Gasteiger partial charge in [0.1, 0.15) is 18.0 Å². The van der Waals surface area contributed by atoms with Crippen LogP contribution in [-0.2, 0) is 0 Å². The quantitative estimate of drug-likeness (QED) is 0.823. The lowest BCUT2D eigenvalue weighted by Gasteiger charge is -2.04. The minimum Gasteiger partial charge on any atom is -0.384 e. The molecule has 0 unspecified atom stereocenters. The van der Waals surface area contributed by atoms with E-state index in [0.29, 0.717) is 11.7 Å². The van der Waals surface area contributed by atoms with E-state index in [1.165, 1.54) is 6.33 Å². The van der Waals surface area contributed by atoms with Gasteiger partial charge in [0, 0.05) is 29.9 Å². The third kappa shape index (κ3) is 2.13. The first-order valence-electron chi connectivity index (χ1n) is 5.06. The van der Waals surface area contributed by atoms with Crippen molar-refractivity contribution in [2.24, 2.45) is 0 Å². The lowest BCUT2D eigenvalue weighted by atomic mass is 10.2. The normalized spacial score (nSPS) is 10.7. The summed E-state index contributed by atoms with van der Waals surface area (Å²) >= 11 is 0. The summed E-state index contributed by atoms with van der Waals surface area (Å²) in [5, 5.41) is 0. The fraction of sp³-hybridized carbons (Fsp3) is 0.273. The molecule has 2 N–H and O–H groups in total. The van der Waals surface area contributed by atoms with E-state index in [2.05, 4.69) is 33.8 Å². The average Bonchev–Trinajstić information content (AvgIpc) is 2.29. The highest BCUT2D eigenvalue weighted by atomic mass is 14.9. The molecule has 0 aromatic carbocycles. The molecule has 0 aliphatic heterocycles. The number of rotatable bonds is 2. The zero-order valence-corrected chi connectivity index (χ0v) is 9.25. The van der Waals surface area contributed by atoms with E-state index in [-0.39, 0.29) is 0 Å². The van der Waals surface area contributed by atoms with Gasteiger partial charge in [-0.15, -0.1) is 0 Å². The summed E-state index contributed by atoms with van der Waals surface area (Å²) in [6.07, 6.45) is 4.94. The Morgan fingerprint density at radius 3 is 2.31 bits per heavy atom. The first-order chi connectivity index (χ1) is 7.66. The summed E-state index contributed by atoms with van der Waals surface area (Å²) < 4.78 is 0. The number of anilines is 1. The van der Waals surface area contributed by atoms with Gasteiger partial charge >= 0.3 is 0 Å². The number of hydrogen-bond donors (Lipinski definition) is 1. The van der Waals surface area contributed by atoms with E-state index >= 15 is 0 Å². The van der Waals surface area contributed by atoms with Crippen molar-refractivity contribution in [3.8, 4) is 11.3 Å². The molecule has 0 saturated heterocycles. The van der Waals surface area contributed by atoms with Crippen LogP contribution < -0.4 is 5.73 Å². The molecule has 0 bridgehead atoms. The van der Waals surface area contributed by atoms with E-state index in [0.717, 1.165) is 17.1 Å². The van der Waals surface area contributed by atoms with Crippen molar-refractivity contribution >= 4 is 5.82 Å². The van der Waals surface area contributed by atoms with Gasteiger partial charge in [0.2, 0.25) is 0 Å². The van der Waals surface area contributed by atoms with Crippen LogP contribution in [0, 0.1) is 0 Å². The van der Waals surface area contributed by atoms with E-state index in [1.54, 1.807) is 18.5 Å². The van der Waals surface area contributed by atoms with Crippen LogP contribution in [-0.4, -0.2) is 19.9 Å². The molecule has 2 heterocycles. The number of hydrogen-bond acceptors (Lipinski definition) is 5. The highest BCUT2D eigenvalue weighted by Crippen LogP contribution is 2.17. The Morgan fingerprint density at radius 2 is 1.75 bits per heavy atom. The molecule has 0 aliphatic carbocycles. The van der Waals surface area contributed by atoms with Gasteiger partial charge in [0.05, 0.1) is 5.69 Å². The van der Waals surface area contributed by atoms with Crippen molar-refractivity contribution in [1.82, 2.24) is 19.9 Å². The standard InChI is InChI=1S/C11H13N5/c1-7(2)11-13-4-8(5-14-11)9-3-10(12)16-6-15-9/h3-7H,1-2H3,(H2,12,15,16). The number of nitrogen functional groups attached to an aromatic ring is 1. The molecule has 0 saturated carbocycles. The van der Waals surface area contributed by atoms with Gasteiger partial charge < -0.3 is 5.73 Å². The maximum atomic E-state index is 5.58. The summed E-state index contributed by atoms with van der Waals surface area (Å²) in [4.78, 5) is 16.5. The molecule has 5 heteroatoms. The first-order valence-corrected chi connectivity index (χ1v) is 5.06. The van der Waals surface area contributed by atoms with E-state index < -0.39 is 0 Å². The van der Waals surface area contributed by atoms with Crippen LogP contribution in [0.25, 0.3) is 11.3 Å². The molecule has 82 valence electrons. The largest absolute Gasteiger partial charge is 0.384 e. The Labute approximate surface area is 93.8 Å². The molecular weight excluding hydrogens is 202 g/mol. The molecule has 16 heavy (non-hydrogen) atoms. The van der Waals surface area contributed by atoms with Crippen LogP contribution >= 0.6 is 0 Å². The van der Waals surface area contributed by atoms with E-state index in [1.807, 2.05) is 0 Å². The molecule has 0 radical (unpaired) electrons. The van der Waals surface area contributed by atoms with Gasteiger partial charge in [-0.2, -0.15) is 0 Å². The van der Waals surface area contributed by atoms with Crippen LogP contribution in [0.1, 0.15) is 25.6 Å². The minimum atomic E-state index is 0.324. The summed E-state index contributed by atoms with van der Waals surface area (Å²) in [7, 11) is 0. The highest BCUT2D eigenvalue weighted by Gasteiger charge is 2.05. The Balaban J connectivity index is 2.35. The summed E-state index contributed by atoms with van der Waals surface area (Å²) in [5.74, 6) is 1.59. The van der Waals surface area contributed by atoms with E-state index in [9.17, 15) is 0 Å².